The van der Waals surface area contributed by atoms with Crippen molar-refractivity contribution in [3.05, 3.63) is 126 Å². The number of carbonyl (C=O) groups excluding carboxylic acids is 2. The van der Waals surface area contributed by atoms with Crippen molar-refractivity contribution in [2.24, 2.45) is 0 Å². The van der Waals surface area contributed by atoms with Gasteiger partial charge in [-0.2, -0.15) is 0 Å². The van der Waals surface area contributed by atoms with Crippen molar-refractivity contribution in [2.75, 3.05) is 24.5 Å². The van der Waals surface area contributed by atoms with Crippen LogP contribution in [0.4, 0.5) is 5.69 Å². The SMILES string of the molecule is CCCCNC(=O)[C@@H](Cc1ccccc1)N(Cc1ccc(C)cc1)C(=O)CN(c1cccc(OC)c1)S(=O)(=O)c1ccccc1. The smallest absolute Gasteiger partial charge is 0.264 e. The van der Waals surface area contributed by atoms with Crippen molar-refractivity contribution >= 4 is 27.5 Å². The van der Waals surface area contributed by atoms with Crippen LogP contribution in [0.15, 0.2) is 114 Å². The van der Waals surface area contributed by atoms with Gasteiger partial charge in [-0.1, -0.05) is 97.8 Å². The number of sulfonamides is 1. The summed E-state index contributed by atoms with van der Waals surface area (Å²) in [5.74, 6) is -0.349. The lowest BCUT2D eigenvalue weighted by Crippen LogP contribution is -2.53. The lowest BCUT2D eigenvalue weighted by atomic mass is 10.0. The first kappa shape index (κ1) is 33.3. The summed E-state index contributed by atoms with van der Waals surface area (Å²) in [5, 5.41) is 3.01. The van der Waals surface area contributed by atoms with Gasteiger partial charge in [-0.25, -0.2) is 8.42 Å². The van der Waals surface area contributed by atoms with E-state index in [1.165, 1.54) is 24.1 Å². The second-order valence-electron chi connectivity index (χ2n) is 10.9. The molecule has 1 N–H and O–H groups in total. The highest BCUT2D eigenvalue weighted by molar-refractivity contribution is 7.92. The number of nitrogens with zero attached hydrogens (tertiary/aromatic N) is 2. The van der Waals surface area contributed by atoms with Crippen LogP contribution in [0.3, 0.4) is 0 Å². The summed E-state index contributed by atoms with van der Waals surface area (Å²) < 4.78 is 34.6. The molecule has 0 bridgehead atoms. The zero-order valence-corrected chi connectivity index (χ0v) is 26.9. The fourth-order valence-electron chi connectivity index (χ4n) is 4.96. The van der Waals surface area contributed by atoms with E-state index >= 15 is 0 Å². The molecule has 0 heterocycles. The molecule has 45 heavy (non-hydrogen) atoms. The molecular weight excluding hydrogens is 586 g/mol. The summed E-state index contributed by atoms with van der Waals surface area (Å²) in [6.45, 7) is 4.10. The Bertz CT molecular complexity index is 1650. The van der Waals surface area contributed by atoms with Gasteiger partial charge in [0.05, 0.1) is 17.7 Å². The molecule has 2 amide bonds. The minimum absolute atomic E-state index is 0.0452. The van der Waals surface area contributed by atoms with Gasteiger partial charge in [0.25, 0.3) is 10.0 Å². The van der Waals surface area contributed by atoms with Crippen LogP contribution in [0.5, 0.6) is 5.75 Å². The average Bonchev–Trinajstić information content (AvgIpc) is 3.06. The molecule has 1 atom stereocenters. The first-order valence-corrected chi connectivity index (χ1v) is 16.6. The molecule has 236 valence electrons. The highest BCUT2D eigenvalue weighted by Crippen LogP contribution is 2.28. The molecule has 4 aromatic rings. The van der Waals surface area contributed by atoms with Crippen molar-refractivity contribution in [1.29, 1.82) is 0 Å². The number of anilines is 1. The molecule has 4 aromatic carbocycles. The molecular formula is C36H41N3O5S. The Kier molecular flexibility index (Phi) is 11.8. The van der Waals surface area contributed by atoms with Crippen LogP contribution in [0.1, 0.15) is 36.5 Å². The molecule has 0 aliphatic carbocycles. The van der Waals surface area contributed by atoms with E-state index in [9.17, 15) is 18.0 Å². The summed E-state index contributed by atoms with van der Waals surface area (Å²) >= 11 is 0. The van der Waals surface area contributed by atoms with Crippen LogP contribution in [0.25, 0.3) is 0 Å². The lowest BCUT2D eigenvalue weighted by molar-refractivity contribution is -0.140. The van der Waals surface area contributed by atoms with Crippen LogP contribution >= 0.6 is 0 Å². The first-order valence-electron chi connectivity index (χ1n) is 15.1. The highest BCUT2D eigenvalue weighted by atomic mass is 32.2. The molecule has 0 aliphatic heterocycles. The van der Waals surface area contributed by atoms with Crippen molar-refractivity contribution < 1.29 is 22.7 Å². The second kappa shape index (κ2) is 15.9. The molecule has 0 saturated carbocycles. The van der Waals surface area contributed by atoms with Crippen LogP contribution < -0.4 is 14.4 Å². The number of carbonyl (C=O) groups is 2. The number of methoxy groups -OCH3 is 1. The van der Waals surface area contributed by atoms with Gasteiger partial charge >= 0.3 is 0 Å². The Hall–Kier alpha value is -4.63. The number of hydrogen-bond donors (Lipinski definition) is 1. The van der Waals surface area contributed by atoms with Crippen LogP contribution in [-0.4, -0.2) is 51.4 Å². The number of nitrogens with one attached hydrogen (secondary N) is 1. The maximum Gasteiger partial charge on any atom is 0.264 e. The van der Waals surface area contributed by atoms with E-state index in [-0.39, 0.29) is 29.5 Å². The van der Waals surface area contributed by atoms with Crippen molar-refractivity contribution in [2.45, 2.75) is 50.6 Å². The minimum atomic E-state index is -4.18. The molecule has 0 radical (unpaired) electrons. The third-order valence-electron chi connectivity index (χ3n) is 7.53. The van der Waals surface area contributed by atoms with Crippen molar-refractivity contribution in [1.82, 2.24) is 10.2 Å². The zero-order valence-electron chi connectivity index (χ0n) is 26.1. The largest absolute Gasteiger partial charge is 0.497 e. The predicted molar refractivity (Wildman–Crippen MR) is 178 cm³/mol. The number of unbranched alkanes of at least 4 members (excludes halogenated alkanes) is 1. The molecule has 0 unspecified atom stereocenters. The van der Waals surface area contributed by atoms with E-state index in [4.69, 9.17) is 4.74 Å². The van der Waals surface area contributed by atoms with Crippen LogP contribution in [0.2, 0.25) is 0 Å². The number of amides is 2. The zero-order chi connectivity index (χ0) is 32.2. The number of hydrogen-bond acceptors (Lipinski definition) is 5. The molecule has 9 heteroatoms. The quantitative estimate of drug-likeness (QED) is 0.169. The minimum Gasteiger partial charge on any atom is -0.497 e. The predicted octanol–water partition coefficient (Wildman–Crippen LogP) is 5.76. The van der Waals surface area contributed by atoms with Crippen molar-refractivity contribution in [3.63, 3.8) is 0 Å². The van der Waals surface area contributed by atoms with Gasteiger partial charge in [0.1, 0.15) is 18.3 Å². The normalized spacial score (nSPS) is 11.8. The van der Waals surface area contributed by atoms with Crippen molar-refractivity contribution in [3.8, 4) is 5.75 Å². The Morgan fingerprint density at radius 1 is 0.844 bits per heavy atom. The van der Waals surface area contributed by atoms with E-state index in [2.05, 4.69) is 5.32 Å². The van der Waals surface area contributed by atoms with Gasteiger partial charge in [0.2, 0.25) is 11.8 Å². The Balaban J connectivity index is 1.79. The summed E-state index contributed by atoms with van der Waals surface area (Å²) in [6.07, 6.45) is 1.97. The first-order chi connectivity index (χ1) is 21.7. The second-order valence-corrected chi connectivity index (χ2v) is 12.7. The Labute approximate surface area is 266 Å². The van der Waals surface area contributed by atoms with Gasteiger partial charge in [-0.3, -0.25) is 13.9 Å². The van der Waals surface area contributed by atoms with Gasteiger partial charge in [-0.05, 0) is 48.7 Å². The third kappa shape index (κ3) is 8.95. The molecule has 4 rings (SSSR count). The van der Waals surface area contributed by atoms with Gasteiger partial charge in [0.15, 0.2) is 0 Å². The van der Waals surface area contributed by atoms with Crippen LogP contribution in [0, 0.1) is 6.92 Å². The lowest BCUT2D eigenvalue weighted by Gasteiger charge is -2.34. The summed E-state index contributed by atoms with van der Waals surface area (Å²) in [5.41, 5.74) is 3.05. The molecule has 0 aliphatic rings. The maximum absolute atomic E-state index is 14.5. The molecule has 0 fully saturated rings. The number of aryl methyl sites for hydroxylation is 1. The monoisotopic (exact) mass is 627 g/mol. The topological polar surface area (TPSA) is 96.0 Å². The Morgan fingerprint density at radius 2 is 1.51 bits per heavy atom. The molecule has 0 aromatic heterocycles. The van der Waals surface area contributed by atoms with Gasteiger partial charge in [-0.15, -0.1) is 0 Å². The fourth-order valence-corrected chi connectivity index (χ4v) is 6.39. The van der Waals surface area contributed by atoms with Gasteiger partial charge in [0, 0.05) is 25.6 Å². The average molecular weight is 628 g/mol. The molecule has 8 nitrogen and oxygen atoms in total. The molecule has 0 saturated heterocycles. The Morgan fingerprint density at radius 3 is 2.16 bits per heavy atom. The van der Waals surface area contributed by atoms with E-state index in [1.54, 1.807) is 42.5 Å². The highest BCUT2D eigenvalue weighted by Gasteiger charge is 2.34. The van der Waals surface area contributed by atoms with Gasteiger partial charge < -0.3 is 15.0 Å². The van der Waals surface area contributed by atoms with Crippen LogP contribution in [-0.2, 0) is 32.6 Å². The van der Waals surface area contributed by atoms with E-state index in [0.29, 0.717) is 12.3 Å². The van der Waals surface area contributed by atoms with E-state index in [0.717, 1.165) is 33.8 Å². The third-order valence-corrected chi connectivity index (χ3v) is 9.31. The maximum atomic E-state index is 14.5. The summed E-state index contributed by atoms with van der Waals surface area (Å²) in [7, 11) is -2.68. The molecule has 0 spiro atoms. The van der Waals surface area contributed by atoms with E-state index < -0.39 is 28.5 Å². The number of rotatable bonds is 15. The summed E-state index contributed by atoms with van der Waals surface area (Å²) in [6, 6.07) is 31.0. The summed E-state index contributed by atoms with van der Waals surface area (Å²) in [4.78, 5) is 29.9. The number of benzene rings is 4. The fraction of sp³-hybridized carbons (Fsp3) is 0.278. The van der Waals surface area contributed by atoms with E-state index in [1.807, 2.05) is 68.4 Å². The number of ether oxygens (including phenoxy) is 1. The standard InChI is InChI=1S/C36H41N3O5S/c1-4-5-23-37-36(41)34(24-29-13-8-6-9-14-29)38(26-30-21-19-28(2)20-22-30)35(40)27-39(31-15-12-16-32(25-31)44-3)45(42,43)33-17-10-7-11-18-33/h6-22,25,34H,4-5,23-24,26-27H2,1-3H3,(H,37,41)/t34-/m1/s1.